The van der Waals surface area contributed by atoms with E-state index < -0.39 is 29.4 Å². The van der Waals surface area contributed by atoms with Crippen molar-refractivity contribution in [3.63, 3.8) is 0 Å². The summed E-state index contributed by atoms with van der Waals surface area (Å²) in [6, 6.07) is 0. The fourth-order valence-electron chi connectivity index (χ4n) is 4.00. The number of rotatable bonds is 5. The van der Waals surface area contributed by atoms with Crippen molar-refractivity contribution in [2.24, 2.45) is 0 Å². The average molecular weight is 633 g/mol. The lowest BCUT2D eigenvalue weighted by molar-refractivity contribution is -0.136. The highest BCUT2D eigenvalue weighted by Crippen LogP contribution is 2.37. The van der Waals surface area contributed by atoms with Gasteiger partial charge in [0, 0.05) is 24.8 Å². The van der Waals surface area contributed by atoms with Gasteiger partial charge in [-0.15, -0.1) is 4.90 Å². The lowest BCUT2D eigenvalue weighted by atomic mass is 10.2. The Hall–Kier alpha value is -3.91. The SMILES string of the molecule is COc1c(C)cnc(Cn2nc3c4c(nc(N(C(=O)OC(C)(C)C)C(=O)OC(C)(C)C)nc42)SCC(OC(C)=O)=C3)c1Cl. The topological polar surface area (TPSA) is 148 Å². The van der Waals surface area contributed by atoms with Crippen LogP contribution in [-0.2, 0) is 25.5 Å². The van der Waals surface area contributed by atoms with Crippen molar-refractivity contribution in [3.8, 4) is 5.75 Å². The normalized spacial score (nSPS) is 13.2. The summed E-state index contributed by atoms with van der Waals surface area (Å²) >= 11 is 7.85. The number of nitrogens with zero attached hydrogens (tertiary/aromatic N) is 6. The van der Waals surface area contributed by atoms with Crippen molar-refractivity contribution in [3.05, 3.63) is 33.9 Å². The number of amides is 2. The Morgan fingerprint density at radius 3 is 2.26 bits per heavy atom. The van der Waals surface area contributed by atoms with E-state index in [1.165, 1.54) is 30.5 Å². The molecule has 0 fully saturated rings. The molecule has 13 nitrogen and oxygen atoms in total. The van der Waals surface area contributed by atoms with Gasteiger partial charge in [0.2, 0.25) is 5.95 Å². The molecule has 0 radical (unpaired) electrons. The van der Waals surface area contributed by atoms with Crippen LogP contribution < -0.4 is 9.64 Å². The first kappa shape index (κ1) is 32.0. The summed E-state index contributed by atoms with van der Waals surface area (Å²) < 4.78 is 23.4. The summed E-state index contributed by atoms with van der Waals surface area (Å²) in [7, 11) is 1.51. The number of imide groups is 1. The van der Waals surface area contributed by atoms with Gasteiger partial charge in [0.05, 0.1) is 30.5 Å². The quantitative estimate of drug-likeness (QED) is 0.186. The molecule has 4 heterocycles. The van der Waals surface area contributed by atoms with Crippen LogP contribution in [0.25, 0.3) is 17.1 Å². The summed E-state index contributed by atoms with van der Waals surface area (Å²) in [6.07, 6.45) is 1.20. The summed E-state index contributed by atoms with van der Waals surface area (Å²) in [5.41, 5.74) is -0.0169. The fourth-order valence-corrected chi connectivity index (χ4v) is 5.24. The van der Waals surface area contributed by atoms with Crippen LogP contribution in [0.5, 0.6) is 5.75 Å². The molecule has 3 aromatic rings. The molecule has 1 aliphatic rings. The van der Waals surface area contributed by atoms with E-state index in [4.69, 9.17) is 35.6 Å². The van der Waals surface area contributed by atoms with Gasteiger partial charge in [-0.25, -0.2) is 19.3 Å². The highest BCUT2D eigenvalue weighted by atomic mass is 35.5. The standard InChI is InChI=1S/C28H33ClN6O7S/c1-14-11-30-18(20(29)21(14)39-9)12-34-22-19-17(33-34)10-16(40-15(2)36)13-43-23(19)32-24(31-22)35(25(37)41-27(3,4)5)26(38)42-28(6,7)8/h10-11H,12-13H2,1-9H3. The Kier molecular flexibility index (Phi) is 8.93. The van der Waals surface area contributed by atoms with Crippen molar-refractivity contribution in [1.29, 1.82) is 0 Å². The summed E-state index contributed by atoms with van der Waals surface area (Å²) in [5.74, 6) is 0.247. The van der Waals surface area contributed by atoms with Gasteiger partial charge in [-0.3, -0.25) is 9.78 Å². The molecule has 0 aliphatic carbocycles. The molecule has 3 aromatic heterocycles. The van der Waals surface area contributed by atoms with Crippen LogP contribution in [0.3, 0.4) is 0 Å². The molecular weight excluding hydrogens is 600 g/mol. The predicted molar refractivity (Wildman–Crippen MR) is 160 cm³/mol. The maximum Gasteiger partial charge on any atom is 0.427 e. The minimum absolute atomic E-state index is 0.0438. The van der Waals surface area contributed by atoms with Crippen LogP contribution >= 0.6 is 23.4 Å². The van der Waals surface area contributed by atoms with E-state index in [9.17, 15) is 14.4 Å². The molecular formula is C28H33ClN6O7S. The highest BCUT2D eigenvalue weighted by Gasteiger charge is 2.36. The Morgan fingerprint density at radius 2 is 1.70 bits per heavy atom. The summed E-state index contributed by atoms with van der Waals surface area (Å²) in [5, 5.41) is 5.90. The van der Waals surface area contributed by atoms with E-state index in [2.05, 4.69) is 15.0 Å². The van der Waals surface area contributed by atoms with Crippen LogP contribution in [0.15, 0.2) is 17.0 Å². The van der Waals surface area contributed by atoms with Gasteiger partial charge >= 0.3 is 18.2 Å². The molecule has 15 heteroatoms. The first-order valence-electron chi connectivity index (χ1n) is 13.2. The van der Waals surface area contributed by atoms with Gasteiger partial charge in [-0.2, -0.15) is 10.1 Å². The number of aryl methyl sites for hydroxylation is 1. The van der Waals surface area contributed by atoms with Gasteiger partial charge in [0.15, 0.2) is 5.65 Å². The minimum Gasteiger partial charge on any atom is -0.495 e. The van der Waals surface area contributed by atoms with Gasteiger partial charge in [0.25, 0.3) is 0 Å². The van der Waals surface area contributed by atoms with Crippen molar-refractivity contribution in [2.45, 2.75) is 78.2 Å². The molecule has 230 valence electrons. The molecule has 0 saturated carbocycles. The first-order valence-corrected chi connectivity index (χ1v) is 14.6. The second kappa shape index (κ2) is 12.0. The van der Waals surface area contributed by atoms with E-state index in [0.717, 1.165) is 5.56 Å². The third kappa shape index (κ3) is 7.36. The Labute approximate surface area is 257 Å². The maximum absolute atomic E-state index is 13.4. The number of methoxy groups -OCH3 is 1. The second-order valence-electron chi connectivity index (χ2n) is 11.6. The maximum atomic E-state index is 13.4. The van der Waals surface area contributed by atoms with Crippen LogP contribution in [-0.4, -0.2) is 67.0 Å². The van der Waals surface area contributed by atoms with Crippen molar-refractivity contribution >= 4 is 64.6 Å². The molecule has 43 heavy (non-hydrogen) atoms. The zero-order valence-corrected chi connectivity index (χ0v) is 27.0. The summed E-state index contributed by atoms with van der Waals surface area (Å²) in [6.45, 7) is 13.2. The number of esters is 1. The van der Waals surface area contributed by atoms with Crippen molar-refractivity contribution in [2.75, 3.05) is 17.8 Å². The van der Waals surface area contributed by atoms with Gasteiger partial charge in [-0.1, -0.05) is 23.4 Å². The molecule has 4 rings (SSSR count). The Bertz CT molecular complexity index is 1610. The molecule has 0 aromatic carbocycles. The van der Waals surface area contributed by atoms with Crippen LogP contribution in [0.4, 0.5) is 15.5 Å². The predicted octanol–water partition coefficient (Wildman–Crippen LogP) is 5.93. The number of hydrogen-bond acceptors (Lipinski definition) is 12. The number of halogens is 1. The van der Waals surface area contributed by atoms with Gasteiger partial charge in [0.1, 0.15) is 38.5 Å². The number of thioether (sulfide) groups is 1. The summed E-state index contributed by atoms with van der Waals surface area (Å²) in [4.78, 5) is 52.8. The lowest BCUT2D eigenvalue weighted by Gasteiger charge is -2.27. The van der Waals surface area contributed by atoms with Crippen LogP contribution in [0.1, 0.15) is 65.4 Å². The smallest absolute Gasteiger partial charge is 0.427 e. The molecule has 0 spiro atoms. The second-order valence-corrected chi connectivity index (χ2v) is 12.9. The molecule has 1 aliphatic heterocycles. The number of carbonyl (C=O) groups is 3. The number of carbonyl (C=O) groups excluding carboxylic acids is 3. The fraction of sp³-hybridized carbons (Fsp3) is 0.464. The largest absolute Gasteiger partial charge is 0.495 e. The van der Waals surface area contributed by atoms with Crippen LogP contribution in [0.2, 0.25) is 5.02 Å². The van der Waals surface area contributed by atoms with Crippen LogP contribution in [0, 0.1) is 6.92 Å². The zero-order chi connectivity index (χ0) is 31.9. The number of aromatic nitrogens is 5. The van der Waals surface area contributed by atoms with E-state index in [1.54, 1.807) is 53.8 Å². The number of pyridine rings is 1. The van der Waals surface area contributed by atoms with Crippen molar-refractivity contribution < 1.29 is 33.3 Å². The lowest BCUT2D eigenvalue weighted by Crippen LogP contribution is -2.44. The molecule has 0 bridgehead atoms. The highest BCUT2D eigenvalue weighted by molar-refractivity contribution is 7.99. The number of hydrogen-bond donors (Lipinski definition) is 0. The van der Waals surface area contributed by atoms with E-state index in [0.29, 0.717) is 43.2 Å². The van der Waals surface area contributed by atoms with Gasteiger partial charge < -0.3 is 18.9 Å². The van der Waals surface area contributed by atoms with Crippen molar-refractivity contribution in [1.82, 2.24) is 24.7 Å². The number of ether oxygens (including phenoxy) is 4. The average Bonchev–Trinajstić information content (AvgIpc) is 3.08. The Balaban J connectivity index is 1.94. The molecule has 2 amide bonds. The van der Waals surface area contributed by atoms with Gasteiger partial charge in [-0.05, 0) is 48.5 Å². The number of anilines is 1. The molecule has 0 atom stereocenters. The third-order valence-corrected chi connectivity index (χ3v) is 6.97. The third-order valence-electron chi connectivity index (χ3n) is 5.58. The van der Waals surface area contributed by atoms with E-state index in [1.807, 2.05) is 6.92 Å². The van der Waals surface area contributed by atoms with E-state index in [-0.39, 0.29) is 23.9 Å². The molecule has 0 saturated heterocycles. The first-order chi connectivity index (χ1) is 20.0. The molecule has 0 unspecified atom stereocenters. The van der Waals surface area contributed by atoms with E-state index >= 15 is 0 Å². The zero-order valence-electron chi connectivity index (χ0n) is 25.4. The minimum atomic E-state index is -1.02. The Morgan fingerprint density at radius 1 is 1.07 bits per heavy atom. The monoisotopic (exact) mass is 632 g/mol. The molecule has 0 N–H and O–H groups in total.